The van der Waals surface area contributed by atoms with E-state index in [0.717, 1.165) is 42.6 Å². The van der Waals surface area contributed by atoms with E-state index in [1.807, 2.05) is 6.92 Å². The lowest BCUT2D eigenvalue weighted by Crippen LogP contribution is -2.33. The van der Waals surface area contributed by atoms with Crippen molar-refractivity contribution in [3.8, 4) is 0 Å². The molecule has 0 radical (unpaired) electrons. The molecule has 3 heterocycles. The Morgan fingerprint density at radius 1 is 0.833 bits per heavy atom. The summed E-state index contributed by atoms with van der Waals surface area (Å²) >= 11 is 0. The molecule has 4 aromatic rings. The molecule has 2 aromatic heterocycles. The predicted molar refractivity (Wildman–Crippen MR) is 134 cm³/mol. The summed E-state index contributed by atoms with van der Waals surface area (Å²) in [5, 5.41) is 0. The number of nitrogens with zero attached hydrogens (tertiary/aromatic N) is 4. The van der Waals surface area contributed by atoms with E-state index >= 15 is 0 Å². The van der Waals surface area contributed by atoms with E-state index in [1.54, 1.807) is 41.0 Å². The first-order chi connectivity index (χ1) is 17.4. The molecule has 0 saturated heterocycles. The largest absolute Gasteiger partial charge is 0.306 e. The van der Waals surface area contributed by atoms with Crippen LogP contribution in [0, 0.1) is 6.92 Å². The lowest BCUT2D eigenvalue weighted by molar-refractivity contribution is 0.0922. The minimum Gasteiger partial charge on any atom is -0.306 e. The lowest BCUT2D eigenvalue weighted by Gasteiger charge is -2.28. The number of rotatable bonds is 4. The zero-order valence-electron chi connectivity index (χ0n) is 19.7. The second-order valence-electron chi connectivity index (χ2n) is 9.35. The topological polar surface area (TPSA) is 102 Å². The van der Waals surface area contributed by atoms with Crippen LogP contribution in [0.1, 0.15) is 64.4 Å². The maximum absolute atomic E-state index is 14.2. The molecular formula is C27H24N4O4S. The fourth-order valence-electron chi connectivity index (χ4n) is 5.34. The molecule has 1 aliphatic heterocycles. The molecule has 0 bridgehead atoms. The van der Waals surface area contributed by atoms with Crippen molar-refractivity contribution in [1.82, 2.24) is 14.5 Å². The molecule has 6 rings (SSSR count). The van der Waals surface area contributed by atoms with Crippen molar-refractivity contribution < 1.29 is 18.0 Å². The van der Waals surface area contributed by atoms with Crippen molar-refractivity contribution in [2.24, 2.45) is 0 Å². The number of fused-ring (bicyclic) bond motifs is 2. The van der Waals surface area contributed by atoms with Gasteiger partial charge in [0.1, 0.15) is 16.2 Å². The summed E-state index contributed by atoms with van der Waals surface area (Å²) in [5.41, 5.74) is 1.95. The monoisotopic (exact) mass is 500 g/mol. The van der Waals surface area contributed by atoms with Gasteiger partial charge in [-0.1, -0.05) is 49.1 Å². The normalized spacial score (nSPS) is 16.6. The van der Waals surface area contributed by atoms with Crippen LogP contribution in [0.15, 0.2) is 70.7 Å². The Morgan fingerprint density at radius 2 is 1.44 bits per heavy atom. The molecule has 1 fully saturated rings. The Morgan fingerprint density at radius 3 is 2.08 bits per heavy atom. The third-order valence-electron chi connectivity index (χ3n) is 7.10. The molecular weight excluding hydrogens is 476 g/mol. The van der Waals surface area contributed by atoms with Crippen LogP contribution in [0.25, 0.3) is 11.2 Å². The van der Waals surface area contributed by atoms with E-state index in [-0.39, 0.29) is 38.3 Å². The van der Waals surface area contributed by atoms with Crippen LogP contribution in [0.4, 0.5) is 5.82 Å². The Bertz CT molecular complexity index is 1600. The number of aromatic nitrogens is 3. The highest BCUT2D eigenvalue weighted by Crippen LogP contribution is 2.45. The Hall–Kier alpha value is -3.85. The summed E-state index contributed by atoms with van der Waals surface area (Å²) in [6, 6.07) is 13.0. The molecule has 0 atom stereocenters. The van der Waals surface area contributed by atoms with Crippen molar-refractivity contribution in [3.63, 3.8) is 0 Å². The molecule has 36 heavy (non-hydrogen) atoms. The number of benzene rings is 2. The number of carbonyl (C=O) groups excluding carboxylic acids is 2. The van der Waals surface area contributed by atoms with Crippen molar-refractivity contribution >= 4 is 38.6 Å². The van der Waals surface area contributed by atoms with Gasteiger partial charge in [-0.2, -0.15) is 0 Å². The Balaban J connectivity index is 1.69. The maximum Gasteiger partial charge on any atom is 0.267 e. The first-order valence-electron chi connectivity index (χ1n) is 12.0. The average Bonchev–Trinajstić information content (AvgIpc) is 3.37. The molecule has 2 amide bonds. The second-order valence-corrected chi connectivity index (χ2v) is 11.2. The number of hydrogen-bond donors (Lipinski definition) is 0. The van der Waals surface area contributed by atoms with Crippen molar-refractivity contribution in [2.75, 3.05) is 4.90 Å². The maximum atomic E-state index is 14.2. The molecule has 8 nitrogen and oxygen atoms in total. The molecule has 1 saturated carbocycles. The van der Waals surface area contributed by atoms with Crippen molar-refractivity contribution in [3.05, 3.63) is 77.6 Å². The molecule has 0 unspecified atom stereocenters. The summed E-state index contributed by atoms with van der Waals surface area (Å²) in [7, 11) is -4.17. The number of amides is 2. The zero-order valence-corrected chi connectivity index (χ0v) is 20.5. The number of carbonyl (C=O) groups is 2. The Kier molecular flexibility index (Phi) is 5.26. The van der Waals surface area contributed by atoms with Gasteiger partial charge in [0.25, 0.3) is 11.8 Å². The van der Waals surface area contributed by atoms with Crippen LogP contribution in [-0.4, -0.2) is 34.8 Å². The lowest BCUT2D eigenvalue weighted by atomic mass is 9.95. The van der Waals surface area contributed by atoms with Gasteiger partial charge >= 0.3 is 0 Å². The smallest absolute Gasteiger partial charge is 0.267 e. The zero-order chi connectivity index (χ0) is 25.0. The summed E-state index contributed by atoms with van der Waals surface area (Å²) in [4.78, 5) is 37.1. The summed E-state index contributed by atoms with van der Waals surface area (Å²) < 4.78 is 30.2. The van der Waals surface area contributed by atoms with E-state index in [2.05, 4.69) is 9.97 Å². The minimum atomic E-state index is -4.17. The van der Waals surface area contributed by atoms with Crippen molar-refractivity contribution in [2.45, 2.75) is 54.9 Å². The van der Waals surface area contributed by atoms with E-state index in [0.29, 0.717) is 5.65 Å². The highest BCUT2D eigenvalue weighted by Gasteiger charge is 2.44. The van der Waals surface area contributed by atoms with Crippen LogP contribution >= 0.6 is 0 Å². The first-order valence-corrected chi connectivity index (χ1v) is 13.5. The van der Waals surface area contributed by atoms with E-state index in [1.165, 1.54) is 24.5 Å². The summed E-state index contributed by atoms with van der Waals surface area (Å²) in [6.07, 6.45) is 7.54. The molecule has 182 valence electrons. The van der Waals surface area contributed by atoms with Gasteiger partial charge < -0.3 is 4.57 Å². The van der Waals surface area contributed by atoms with Crippen LogP contribution in [-0.2, 0) is 9.84 Å². The summed E-state index contributed by atoms with van der Waals surface area (Å²) in [5.74, 6) is -1.05. The standard InChI is InChI=1S/C27H24N4O4S/c1-17-11-13-19(14-12-17)36(34,35)23-22-24(29-16-15-28-22)30(18-7-3-2-4-8-18)25(23)31-26(32)20-9-5-6-10-21(20)27(31)33/h5-6,9-16,18H,2-4,7-8H2,1H3. The number of imide groups is 1. The quantitative estimate of drug-likeness (QED) is 0.370. The number of aryl methyl sites for hydroxylation is 1. The van der Waals surface area contributed by atoms with Crippen LogP contribution in [0.3, 0.4) is 0 Å². The van der Waals surface area contributed by atoms with E-state index in [9.17, 15) is 18.0 Å². The van der Waals surface area contributed by atoms with Crippen LogP contribution < -0.4 is 4.90 Å². The van der Waals surface area contributed by atoms with Gasteiger partial charge in [0, 0.05) is 18.4 Å². The fourth-order valence-corrected chi connectivity index (χ4v) is 6.90. The van der Waals surface area contributed by atoms with Gasteiger partial charge in [0.05, 0.1) is 16.0 Å². The van der Waals surface area contributed by atoms with Gasteiger partial charge in [-0.05, 0) is 44.0 Å². The van der Waals surface area contributed by atoms with Crippen molar-refractivity contribution in [1.29, 1.82) is 0 Å². The molecule has 1 aliphatic carbocycles. The van der Waals surface area contributed by atoms with Gasteiger partial charge in [-0.15, -0.1) is 0 Å². The van der Waals surface area contributed by atoms with E-state index in [4.69, 9.17) is 0 Å². The molecule has 9 heteroatoms. The predicted octanol–water partition coefficient (Wildman–Crippen LogP) is 4.88. The van der Waals surface area contributed by atoms with Gasteiger partial charge in [0.15, 0.2) is 5.65 Å². The van der Waals surface area contributed by atoms with Gasteiger partial charge in [-0.25, -0.2) is 23.3 Å². The van der Waals surface area contributed by atoms with Crippen LogP contribution in [0.5, 0.6) is 0 Å². The van der Waals surface area contributed by atoms with E-state index < -0.39 is 21.7 Å². The number of anilines is 1. The fraction of sp³-hybridized carbons (Fsp3) is 0.259. The SMILES string of the molecule is Cc1ccc(S(=O)(=O)c2c(N3C(=O)c4ccccc4C3=O)n(C3CCCCC3)c3nccnc23)cc1. The number of sulfone groups is 1. The number of hydrogen-bond acceptors (Lipinski definition) is 6. The third-order valence-corrected chi connectivity index (χ3v) is 8.91. The molecule has 2 aromatic carbocycles. The molecule has 0 spiro atoms. The second kappa shape index (κ2) is 8.37. The Labute approximate surface area is 208 Å². The molecule has 0 N–H and O–H groups in total. The average molecular weight is 501 g/mol. The highest BCUT2D eigenvalue weighted by atomic mass is 32.2. The third kappa shape index (κ3) is 3.30. The molecule has 2 aliphatic rings. The first kappa shape index (κ1) is 22.6. The van der Waals surface area contributed by atoms with Crippen LogP contribution in [0.2, 0.25) is 0 Å². The van der Waals surface area contributed by atoms with Gasteiger partial charge in [-0.3, -0.25) is 9.59 Å². The van der Waals surface area contributed by atoms with Gasteiger partial charge in [0.2, 0.25) is 9.84 Å². The highest BCUT2D eigenvalue weighted by molar-refractivity contribution is 7.92. The summed E-state index contributed by atoms with van der Waals surface area (Å²) in [6.45, 7) is 1.88. The minimum absolute atomic E-state index is 0.0369.